The van der Waals surface area contributed by atoms with Gasteiger partial charge in [0.05, 0.1) is 10.9 Å². The highest BCUT2D eigenvalue weighted by Gasteiger charge is 2.19. The molecule has 5 nitrogen and oxygen atoms in total. The number of nitrogens with one attached hydrogen (secondary N) is 1. The zero-order valence-corrected chi connectivity index (χ0v) is 12.1. The van der Waals surface area contributed by atoms with Gasteiger partial charge < -0.3 is 10.4 Å². The third-order valence-electron chi connectivity index (χ3n) is 2.70. The highest BCUT2D eigenvalue weighted by atomic mass is 32.1. The van der Waals surface area contributed by atoms with Crippen LogP contribution in [-0.2, 0) is 16.0 Å². The van der Waals surface area contributed by atoms with Crippen LogP contribution < -0.4 is 5.32 Å². The van der Waals surface area contributed by atoms with E-state index in [1.165, 1.54) is 11.3 Å². The number of carboxylic acids is 1. The Labute approximate surface area is 117 Å². The molecule has 0 aliphatic carbocycles. The predicted molar refractivity (Wildman–Crippen MR) is 74.0 cm³/mol. The summed E-state index contributed by atoms with van der Waals surface area (Å²) in [6, 6.07) is 0. The first-order valence-corrected chi connectivity index (χ1v) is 7.25. The van der Waals surface area contributed by atoms with Gasteiger partial charge in [-0.05, 0) is 12.3 Å². The number of amides is 1. The normalized spacial score (nSPS) is 12.4. The van der Waals surface area contributed by atoms with Crippen molar-refractivity contribution in [3.05, 3.63) is 16.6 Å². The molecule has 2 N–H and O–H groups in total. The van der Waals surface area contributed by atoms with Crippen molar-refractivity contribution in [1.82, 2.24) is 10.3 Å². The van der Waals surface area contributed by atoms with Gasteiger partial charge in [-0.25, -0.2) is 4.98 Å². The number of nitrogens with zero attached hydrogens (tertiary/aromatic N) is 1. The molecule has 0 saturated heterocycles. The average molecular weight is 284 g/mol. The Kier molecular flexibility index (Phi) is 6.49. The quantitative estimate of drug-likeness (QED) is 0.764. The Balaban J connectivity index is 2.29. The lowest BCUT2D eigenvalue weighted by Crippen LogP contribution is -2.33. The van der Waals surface area contributed by atoms with Gasteiger partial charge in [-0.15, -0.1) is 11.3 Å². The van der Waals surface area contributed by atoms with Crippen LogP contribution in [-0.4, -0.2) is 28.5 Å². The molecule has 1 aromatic heterocycles. The van der Waals surface area contributed by atoms with Crippen molar-refractivity contribution in [3.8, 4) is 0 Å². The summed E-state index contributed by atoms with van der Waals surface area (Å²) >= 11 is 1.52. The maximum Gasteiger partial charge on any atom is 0.308 e. The Hall–Kier alpha value is -1.43. The zero-order valence-electron chi connectivity index (χ0n) is 11.3. The number of thiazole rings is 1. The number of hydrogen-bond acceptors (Lipinski definition) is 4. The smallest absolute Gasteiger partial charge is 0.308 e. The number of rotatable bonds is 8. The van der Waals surface area contributed by atoms with Crippen LogP contribution in [0.25, 0.3) is 0 Å². The summed E-state index contributed by atoms with van der Waals surface area (Å²) in [5, 5.41) is 14.5. The standard InChI is InChI=1S/C13H20N2O3S/c1-9(2)7-10(13(17)18)8-15-11(16)3-4-12-14-5-6-19-12/h5-6,9-10H,3-4,7-8H2,1-2H3,(H,15,16)(H,17,18). The minimum absolute atomic E-state index is 0.120. The van der Waals surface area contributed by atoms with Gasteiger partial charge in [0.15, 0.2) is 0 Å². The predicted octanol–water partition coefficient (Wildman–Crippen LogP) is 1.94. The second-order valence-corrected chi connectivity index (χ2v) is 5.87. The Morgan fingerprint density at radius 3 is 2.74 bits per heavy atom. The molecule has 1 amide bonds. The van der Waals surface area contributed by atoms with Crippen LogP contribution in [0.15, 0.2) is 11.6 Å². The van der Waals surface area contributed by atoms with E-state index in [1.54, 1.807) is 6.20 Å². The fourth-order valence-electron chi connectivity index (χ4n) is 1.76. The molecule has 19 heavy (non-hydrogen) atoms. The van der Waals surface area contributed by atoms with Gasteiger partial charge in [-0.3, -0.25) is 9.59 Å². The maximum atomic E-state index is 11.6. The molecule has 1 unspecified atom stereocenters. The van der Waals surface area contributed by atoms with Gasteiger partial charge in [-0.1, -0.05) is 13.8 Å². The Morgan fingerprint density at radius 2 is 2.21 bits per heavy atom. The van der Waals surface area contributed by atoms with Crippen LogP contribution in [0.4, 0.5) is 0 Å². The van der Waals surface area contributed by atoms with Crippen molar-refractivity contribution in [2.45, 2.75) is 33.1 Å². The van der Waals surface area contributed by atoms with E-state index in [4.69, 9.17) is 5.11 Å². The minimum Gasteiger partial charge on any atom is -0.481 e. The van der Waals surface area contributed by atoms with Crippen molar-refractivity contribution in [3.63, 3.8) is 0 Å². The van der Waals surface area contributed by atoms with Crippen molar-refractivity contribution in [2.75, 3.05) is 6.54 Å². The van der Waals surface area contributed by atoms with E-state index in [9.17, 15) is 9.59 Å². The summed E-state index contributed by atoms with van der Waals surface area (Å²) in [6.45, 7) is 4.14. The molecule has 0 fully saturated rings. The molecule has 0 saturated carbocycles. The number of aromatic nitrogens is 1. The minimum atomic E-state index is -0.853. The van der Waals surface area contributed by atoms with E-state index in [0.717, 1.165) is 5.01 Å². The van der Waals surface area contributed by atoms with E-state index in [1.807, 2.05) is 19.2 Å². The molecule has 6 heteroatoms. The summed E-state index contributed by atoms with van der Waals surface area (Å²) in [4.78, 5) is 26.8. The number of carbonyl (C=O) groups is 2. The monoisotopic (exact) mass is 284 g/mol. The SMILES string of the molecule is CC(C)CC(CNC(=O)CCc1nccs1)C(=O)O. The number of carboxylic acid groups (broad SMARTS) is 1. The average Bonchev–Trinajstić information content (AvgIpc) is 2.84. The van der Waals surface area contributed by atoms with Gasteiger partial charge in [0.25, 0.3) is 0 Å². The molecule has 0 radical (unpaired) electrons. The van der Waals surface area contributed by atoms with Gasteiger partial charge in [0.1, 0.15) is 0 Å². The van der Waals surface area contributed by atoms with Gasteiger partial charge in [0, 0.05) is 31.0 Å². The van der Waals surface area contributed by atoms with Crippen LogP contribution >= 0.6 is 11.3 Å². The van der Waals surface area contributed by atoms with Gasteiger partial charge in [-0.2, -0.15) is 0 Å². The molecular formula is C13H20N2O3S. The molecule has 0 bridgehead atoms. The second-order valence-electron chi connectivity index (χ2n) is 4.89. The van der Waals surface area contributed by atoms with Crippen molar-refractivity contribution >= 4 is 23.2 Å². The molecular weight excluding hydrogens is 264 g/mol. The molecule has 1 heterocycles. The van der Waals surface area contributed by atoms with E-state index < -0.39 is 11.9 Å². The summed E-state index contributed by atoms with van der Waals surface area (Å²) < 4.78 is 0. The molecule has 0 aliphatic rings. The van der Waals surface area contributed by atoms with Crippen LogP contribution in [0.2, 0.25) is 0 Å². The first-order valence-electron chi connectivity index (χ1n) is 6.37. The summed E-state index contributed by atoms with van der Waals surface area (Å²) in [5.41, 5.74) is 0. The third-order valence-corrected chi connectivity index (χ3v) is 3.54. The lowest BCUT2D eigenvalue weighted by atomic mass is 9.97. The summed E-state index contributed by atoms with van der Waals surface area (Å²) in [5.74, 6) is -1.18. The highest BCUT2D eigenvalue weighted by molar-refractivity contribution is 7.09. The second kappa shape index (κ2) is 7.89. The Morgan fingerprint density at radius 1 is 1.47 bits per heavy atom. The number of carbonyl (C=O) groups excluding carboxylic acids is 1. The molecule has 0 aromatic carbocycles. The van der Waals surface area contributed by atoms with E-state index in [2.05, 4.69) is 10.3 Å². The van der Waals surface area contributed by atoms with Crippen molar-refractivity contribution < 1.29 is 14.7 Å². The highest BCUT2D eigenvalue weighted by Crippen LogP contribution is 2.11. The largest absolute Gasteiger partial charge is 0.481 e. The fourth-order valence-corrected chi connectivity index (χ4v) is 2.38. The van der Waals surface area contributed by atoms with Crippen LogP contribution in [0.5, 0.6) is 0 Å². The van der Waals surface area contributed by atoms with Gasteiger partial charge in [0.2, 0.25) is 5.91 Å². The van der Waals surface area contributed by atoms with Crippen molar-refractivity contribution in [2.24, 2.45) is 11.8 Å². The van der Waals surface area contributed by atoms with Crippen LogP contribution in [0, 0.1) is 11.8 Å². The van der Waals surface area contributed by atoms with E-state index in [0.29, 0.717) is 25.2 Å². The number of aryl methyl sites for hydroxylation is 1. The molecule has 1 rings (SSSR count). The molecule has 1 aromatic rings. The fraction of sp³-hybridized carbons (Fsp3) is 0.615. The number of hydrogen-bond donors (Lipinski definition) is 2. The van der Waals surface area contributed by atoms with Crippen molar-refractivity contribution in [1.29, 1.82) is 0 Å². The van der Waals surface area contributed by atoms with E-state index in [-0.39, 0.29) is 12.5 Å². The van der Waals surface area contributed by atoms with Crippen LogP contribution in [0.3, 0.4) is 0 Å². The number of aliphatic carboxylic acids is 1. The molecule has 0 aliphatic heterocycles. The molecule has 0 spiro atoms. The topological polar surface area (TPSA) is 79.3 Å². The zero-order chi connectivity index (χ0) is 14.3. The molecule has 106 valence electrons. The van der Waals surface area contributed by atoms with Gasteiger partial charge >= 0.3 is 5.97 Å². The lowest BCUT2D eigenvalue weighted by molar-refractivity contribution is -0.142. The first kappa shape index (κ1) is 15.6. The van der Waals surface area contributed by atoms with Crippen LogP contribution in [0.1, 0.15) is 31.7 Å². The lowest BCUT2D eigenvalue weighted by Gasteiger charge is -2.15. The maximum absolute atomic E-state index is 11.6. The Bertz CT molecular complexity index is 404. The van der Waals surface area contributed by atoms with E-state index >= 15 is 0 Å². The molecule has 1 atom stereocenters. The first-order chi connectivity index (χ1) is 8.99. The third kappa shape index (κ3) is 6.33. The summed E-state index contributed by atoms with van der Waals surface area (Å²) in [7, 11) is 0. The summed E-state index contributed by atoms with van der Waals surface area (Å²) in [6.07, 6.45) is 3.23.